The SMILES string of the molecule is CC(C)(C)NC(=O)N1CCC(CNC(=O)Nc2ccc3c(c2)OCO3)CC1. The Morgan fingerprint density at radius 2 is 1.85 bits per heavy atom. The van der Waals surface area contributed by atoms with Gasteiger partial charge in [0.05, 0.1) is 0 Å². The first-order valence-electron chi connectivity index (χ1n) is 9.32. The number of likely N-dealkylation sites (tertiary alicyclic amines) is 1. The number of hydrogen-bond donors (Lipinski definition) is 3. The smallest absolute Gasteiger partial charge is 0.319 e. The third-order valence-electron chi connectivity index (χ3n) is 4.57. The van der Waals surface area contributed by atoms with Crippen molar-refractivity contribution in [1.82, 2.24) is 15.5 Å². The predicted octanol–water partition coefficient (Wildman–Crippen LogP) is 2.76. The molecular weight excluding hydrogens is 348 g/mol. The van der Waals surface area contributed by atoms with Gasteiger partial charge < -0.3 is 30.3 Å². The Morgan fingerprint density at radius 1 is 1.15 bits per heavy atom. The minimum atomic E-state index is -0.248. The summed E-state index contributed by atoms with van der Waals surface area (Å²) < 4.78 is 10.6. The molecule has 1 aromatic rings. The van der Waals surface area contributed by atoms with Gasteiger partial charge in [-0.05, 0) is 51.7 Å². The molecule has 0 radical (unpaired) electrons. The summed E-state index contributed by atoms with van der Waals surface area (Å²) in [7, 11) is 0. The molecule has 3 N–H and O–H groups in total. The van der Waals surface area contributed by atoms with Crippen LogP contribution in [0.5, 0.6) is 11.5 Å². The second-order valence-electron chi connectivity index (χ2n) is 8.01. The average Bonchev–Trinajstić information content (AvgIpc) is 3.06. The van der Waals surface area contributed by atoms with Gasteiger partial charge in [0.25, 0.3) is 0 Å². The van der Waals surface area contributed by atoms with E-state index >= 15 is 0 Å². The lowest BCUT2D eigenvalue weighted by molar-refractivity contribution is 0.162. The van der Waals surface area contributed by atoms with Crippen LogP contribution in [-0.4, -0.2) is 48.9 Å². The van der Waals surface area contributed by atoms with Gasteiger partial charge in [0.2, 0.25) is 6.79 Å². The number of anilines is 1. The van der Waals surface area contributed by atoms with Crippen LogP contribution in [0.2, 0.25) is 0 Å². The lowest BCUT2D eigenvalue weighted by Crippen LogP contribution is -2.51. The van der Waals surface area contributed by atoms with Crippen molar-refractivity contribution in [3.8, 4) is 11.5 Å². The van der Waals surface area contributed by atoms with Gasteiger partial charge in [0.1, 0.15) is 0 Å². The van der Waals surface area contributed by atoms with Crippen LogP contribution >= 0.6 is 0 Å². The Morgan fingerprint density at radius 3 is 2.56 bits per heavy atom. The minimum Gasteiger partial charge on any atom is -0.454 e. The summed E-state index contributed by atoms with van der Waals surface area (Å²) in [5.74, 6) is 1.68. The average molecular weight is 376 g/mol. The highest BCUT2D eigenvalue weighted by molar-refractivity contribution is 5.89. The van der Waals surface area contributed by atoms with Crippen LogP contribution in [-0.2, 0) is 0 Å². The quantitative estimate of drug-likeness (QED) is 0.756. The molecule has 1 fully saturated rings. The molecule has 148 valence electrons. The number of rotatable bonds is 3. The number of carbonyl (C=O) groups excluding carboxylic acids is 2. The Hall–Kier alpha value is -2.64. The number of nitrogens with one attached hydrogen (secondary N) is 3. The van der Waals surface area contributed by atoms with E-state index in [1.807, 2.05) is 25.7 Å². The van der Waals surface area contributed by atoms with Crippen LogP contribution in [0.15, 0.2) is 18.2 Å². The molecule has 0 aromatic heterocycles. The van der Waals surface area contributed by atoms with E-state index in [2.05, 4.69) is 16.0 Å². The summed E-state index contributed by atoms with van der Waals surface area (Å²) in [6, 6.07) is 5.03. The number of carbonyl (C=O) groups is 2. The second kappa shape index (κ2) is 7.94. The van der Waals surface area contributed by atoms with Gasteiger partial charge in [-0.1, -0.05) is 0 Å². The standard InChI is InChI=1S/C19H28N4O4/c1-19(2,3)22-18(25)23-8-6-13(7-9-23)11-20-17(24)21-14-4-5-15-16(10-14)27-12-26-15/h4-5,10,13H,6-9,11-12H2,1-3H3,(H,22,25)(H2,20,21,24). The molecular formula is C19H28N4O4. The molecule has 0 unspecified atom stereocenters. The fourth-order valence-corrected chi connectivity index (χ4v) is 3.13. The molecule has 1 saturated heterocycles. The largest absolute Gasteiger partial charge is 0.454 e. The first-order valence-corrected chi connectivity index (χ1v) is 9.32. The normalized spacial score (nSPS) is 16.8. The van der Waals surface area contributed by atoms with Gasteiger partial charge >= 0.3 is 12.1 Å². The van der Waals surface area contributed by atoms with Crippen molar-refractivity contribution in [1.29, 1.82) is 0 Å². The zero-order valence-corrected chi connectivity index (χ0v) is 16.1. The van der Waals surface area contributed by atoms with E-state index in [-0.39, 0.29) is 24.4 Å². The van der Waals surface area contributed by atoms with Crippen LogP contribution < -0.4 is 25.4 Å². The van der Waals surface area contributed by atoms with Crippen molar-refractivity contribution in [2.75, 3.05) is 31.7 Å². The fraction of sp³-hybridized carbons (Fsp3) is 0.579. The third kappa shape index (κ3) is 5.42. The van der Waals surface area contributed by atoms with E-state index in [9.17, 15) is 9.59 Å². The van der Waals surface area contributed by atoms with Gasteiger partial charge in [0.15, 0.2) is 11.5 Å². The summed E-state index contributed by atoms with van der Waals surface area (Å²) in [5, 5.41) is 8.70. The summed E-state index contributed by atoms with van der Waals surface area (Å²) in [6.07, 6.45) is 1.75. The van der Waals surface area contributed by atoms with E-state index in [1.54, 1.807) is 18.2 Å². The molecule has 4 amide bonds. The molecule has 0 spiro atoms. The molecule has 8 nitrogen and oxygen atoms in total. The fourth-order valence-electron chi connectivity index (χ4n) is 3.13. The van der Waals surface area contributed by atoms with Crippen LogP contribution in [0, 0.1) is 5.92 Å². The lowest BCUT2D eigenvalue weighted by atomic mass is 9.97. The Labute approximate surface area is 159 Å². The number of piperidine rings is 1. The highest BCUT2D eigenvalue weighted by Gasteiger charge is 2.25. The molecule has 0 aliphatic carbocycles. The Balaban J connectivity index is 1.38. The number of hydrogen-bond acceptors (Lipinski definition) is 4. The summed E-state index contributed by atoms with van der Waals surface area (Å²) in [6.45, 7) is 8.12. The molecule has 3 rings (SSSR count). The molecule has 0 atom stereocenters. The van der Waals surface area contributed by atoms with Crippen molar-refractivity contribution in [3.05, 3.63) is 18.2 Å². The maximum Gasteiger partial charge on any atom is 0.319 e. The molecule has 2 heterocycles. The summed E-state index contributed by atoms with van der Waals surface area (Å²) in [5.41, 5.74) is 0.424. The highest BCUT2D eigenvalue weighted by Crippen LogP contribution is 2.34. The molecule has 0 saturated carbocycles. The zero-order chi connectivity index (χ0) is 19.4. The van der Waals surface area contributed by atoms with Crippen molar-refractivity contribution in [3.63, 3.8) is 0 Å². The molecule has 27 heavy (non-hydrogen) atoms. The molecule has 0 bridgehead atoms. The first kappa shape index (κ1) is 19.1. The summed E-state index contributed by atoms with van der Waals surface area (Å²) in [4.78, 5) is 26.1. The van der Waals surface area contributed by atoms with Crippen LogP contribution in [0.1, 0.15) is 33.6 Å². The maximum absolute atomic E-state index is 12.2. The number of amides is 4. The number of ether oxygens (including phenoxy) is 2. The van der Waals surface area contributed by atoms with Gasteiger partial charge in [-0.25, -0.2) is 9.59 Å². The van der Waals surface area contributed by atoms with E-state index in [0.29, 0.717) is 42.7 Å². The topological polar surface area (TPSA) is 91.9 Å². The highest BCUT2D eigenvalue weighted by atomic mass is 16.7. The van der Waals surface area contributed by atoms with E-state index in [1.165, 1.54) is 0 Å². The maximum atomic E-state index is 12.2. The van der Waals surface area contributed by atoms with Crippen LogP contribution in [0.4, 0.5) is 15.3 Å². The molecule has 2 aliphatic rings. The van der Waals surface area contributed by atoms with Crippen LogP contribution in [0.3, 0.4) is 0 Å². The van der Waals surface area contributed by atoms with Gasteiger partial charge in [-0.3, -0.25) is 0 Å². The van der Waals surface area contributed by atoms with E-state index in [0.717, 1.165) is 12.8 Å². The second-order valence-corrected chi connectivity index (χ2v) is 8.01. The number of fused-ring (bicyclic) bond motifs is 1. The Kier molecular flexibility index (Phi) is 5.62. The van der Waals surface area contributed by atoms with Gasteiger partial charge in [-0.15, -0.1) is 0 Å². The number of urea groups is 2. The van der Waals surface area contributed by atoms with Crippen molar-refractivity contribution >= 4 is 17.7 Å². The number of nitrogens with zero attached hydrogens (tertiary/aromatic N) is 1. The zero-order valence-electron chi connectivity index (χ0n) is 16.1. The van der Waals surface area contributed by atoms with Gasteiger partial charge in [-0.2, -0.15) is 0 Å². The summed E-state index contributed by atoms with van der Waals surface area (Å²) >= 11 is 0. The monoisotopic (exact) mass is 376 g/mol. The lowest BCUT2D eigenvalue weighted by Gasteiger charge is -2.34. The van der Waals surface area contributed by atoms with E-state index in [4.69, 9.17) is 9.47 Å². The number of benzene rings is 1. The third-order valence-corrected chi connectivity index (χ3v) is 4.57. The van der Waals surface area contributed by atoms with Gasteiger partial charge in [0, 0.05) is 36.9 Å². The van der Waals surface area contributed by atoms with E-state index < -0.39 is 0 Å². The molecule has 1 aromatic carbocycles. The first-order chi connectivity index (χ1) is 12.8. The van der Waals surface area contributed by atoms with Crippen LogP contribution in [0.25, 0.3) is 0 Å². The van der Waals surface area contributed by atoms with Crippen molar-refractivity contribution < 1.29 is 19.1 Å². The van der Waals surface area contributed by atoms with Crippen molar-refractivity contribution in [2.45, 2.75) is 39.2 Å². The molecule has 8 heteroatoms. The molecule has 2 aliphatic heterocycles. The minimum absolute atomic E-state index is 0.0190. The van der Waals surface area contributed by atoms with Crippen molar-refractivity contribution in [2.24, 2.45) is 5.92 Å². The predicted molar refractivity (Wildman–Crippen MR) is 102 cm³/mol. The Bertz CT molecular complexity index is 693.